The van der Waals surface area contributed by atoms with Gasteiger partial charge in [0.25, 0.3) is 0 Å². The lowest BCUT2D eigenvalue weighted by molar-refractivity contribution is 0.216. The van der Waals surface area contributed by atoms with Crippen LogP contribution in [0.1, 0.15) is 51.6 Å². The summed E-state index contributed by atoms with van der Waals surface area (Å²) in [5.74, 6) is 1.70. The predicted molar refractivity (Wildman–Crippen MR) is 71.8 cm³/mol. The predicted octanol–water partition coefficient (Wildman–Crippen LogP) is 3.56. The summed E-state index contributed by atoms with van der Waals surface area (Å²) in [6.45, 7) is 7.01. The molecule has 0 aromatic carbocycles. The van der Waals surface area contributed by atoms with Crippen LogP contribution in [0, 0.1) is 11.8 Å². The molecule has 0 radical (unpaired) electrons. The maximum absolute atomic E-state index is 4.07. The van der Waals surface area contributed by atoms with Gasteiger partial charge in [0, 0.05) is 24.5 Å². The molecule has 1 aliphatic carbocycles. The third-order valence-corrected chi connectivity index (χ3v) is 4.10. The monoisotopic (exact) mass is 232 g/mol. The average Bonchev–Trinajstić information content (AvgIpc) is 2.34. The van der Waals surface area contributed by atoms with Gasteiger partial charge in [-0.05, 0) is 55.7 Å². The number of rotatable bonds is 3. The first-order valence-electron chi connectivity index (χ1n) is 6.82. The van der Waals surface area contributed by atoms with Crippen molar-refractivity contribution in [1.82, 2.24) is 10.3 Å². The molecule has 0 spiro atoms. The van der Waals surface area contributed by atoms with Crippen LogP contribution < -0.4 is 5.32 Å². The Morgan fingerprint density at radius 3 is 2.59 bits per heavy atom. The van der Waals surface area contributed by atoms with Crippen molar-refractivity contribution < 1.29 is 0 Å². The molecule has 1 heterocycles. The van der Waals surface area contributed by atoms with Gasteiger partial charge in [-0.1, -0.05) is 13.8 Å². The minimum absolute atomic E-state index is 0.429. The van der Waals surface area contributed by atoms with Gasteiger partial charge in [-0.2, -0.15) is 0 Å². The van der Waals surface area contributed by atoms with Crippen LogP contribution in [0.15, 0.2) is 24.5 Å². The molecule has 0 amide bonds. The Labute approximate surface area is 105 Å². The SMILES string of the molecule is CC1CCC(N[C@H](C)c2ccncc2)C(C)C1. The molecule has 2 heteroatoms. The highest BCUT2D eigenvalue weighted by Crippen LogP contribution is 2.30. The summed E-state index contributed by atoms with van der Waals surface area (Å²) in [5.41, 5.74) is 1.34. The van der Waals surface area contributed by atoms with Crippen molar-refractivity contribution >= 4 is 0 Å². The molecule has 17 heavy (non-hydrogen) atoms. The zero-order valence-corrected chi connectivity index (χ0v) is 11.2. The van der Waals surface area contributed by atoms with E-state index in [4.69, 9.17) is 0 Å². The summed E-state index contributed by atoms with van der Waals surface area (Å²) in [4.78, 5) is 4.07. The molecule has 0 bridgehead atoms. The van der Waals surface area contributed by atoms with Crippen molar-refractivity contribution in [3.63, 3.8) is 0 Å². The number of nitrogens with zero attached hydrogens (tertiary/aromatic N) is 1. The fourth-order valence-electron chi connectivity index (χ4n) is 2.98. The summed E-state index contributed by atoms with van der Waals surface area (Å²) < 4.78 is 0. The summed E-state index contributed by atoms with van der Waals surface area (Å²) >= 11 is 0. The molecule has 1 aromatic rings. The van der Waals surface area contributed by atoms with Crippen molar-refractivity contribution in [3.05, 3.63) is 30.1 Å². The Balaban J connectivity index is 1.93. The van der Waals surface area contributed by atoms with Crippen molar-refractivity contribution in [3.8, 4) is 0 Å². The number of aromatic nitrogens is 1. The fourth-order valence-corrected chi connectivity index (χ4v) is 2.98. The second-order valence-corrected chi connectivity index (χ2v) is 5.67. The molecular weight excluding hydrogens is 208 g/mol. The van der Waals surface area contributed by atoms with Crippen LogP contribution in [-0.4, -0.2) is 11.0 Å². The van der Waals surface area contributed by atoms with Gasteiger partial charge >= 0.3 is 0 Å². The number of hydrogen-bond acceptors (Lipinski definition) is 2. The van der Waals surface area contributed by atoms with Crippen molar-refractivity contribution in [2.45, 2.75) is 52.1 Å². The third kappa shape index (κ3) is 3.29. The second kappa shape index (κ2) is 5.63. The molecule has 1 N–H and O–H groups in total. The maximum Gasteiger partial charge on any atom is 0.0295 e. The first-order valence-corrected chi connectivity index (χ1v) is 6.82. The third-order valence-electron chi connectivity index (χ3n) is 4.10. The van der Waals surface area contributed by atoms with E-state index >= 15 is 0 Å². The van der Waals surface area contributed by atoms with Crippen LogP contribution in [0.4, 0.5) is 0 Å². The van der Waals surface area contributed by atoms with Gasteiger partial charge < -0.3 is 5.32 Å². The molecule has 2 rings (SSSR count). The van der Waals surface area contributed by atoms with Crippen LogP contribution in [0.3, 0.4) is 0 Å². The van der Waals surface area contributed by atoms with E-state index in [0.717, 1.165) is 11.8 Å². The van der Waals surface area contributed by atoms with Crippen LogP contribution in [-0.2, 0) is 0 Å². The van der Waals surface area contributed by atoms with Gasteiger partial charge in [0.1, 0.15) is 0 Å². The standard InChI is InChI=1S/C15H24N2/c1-11-4-5-15(12(2)10-11)17-13(3)14-6-8-16-9-7-14/h6-9,11-13,15,17H,4-5,10H2,1-3H3/t11?,12?,13-,15?/m1/s1. The lowest BCUT2D eigenvalue weighted by atomic mass is 9.79. The van der Waals surface area contributed by atoms with E-state index < -0.39 is 0 Å². The maximum atomic E-state index is 4.07. The molecule has 0 aliphatic heterocycles. The topological polar surface area (TPSA) is 24.9 Å². The van der Waals surface area contributed by atoms with Gasteiger partial charge in [-0.15, -0.1) is 0 Å². The molecule has 1 fully saturated rings. The Bertz CT molecular complexity index is 336. The van der Waals surface area contributed by atoms with Crippen molar-refractivity contribution in [2.75, 3.05) is 0 Å². The van der Waals surface area contributed by atoms with Gasteiger partial charge in [-0.3, -0.25) is 4.98 Å². The van der Waals surface area contributed by atoms with Gasteiger partial charge in [0.2, 0.25) is 0 Å². The number of hydrogen-bond donors (Lipinski definition) is 1. The fraction of sp³-hybridized carbons (Fsp3) is 0.667. The Kier molecular flexibility index (Phi) is 4.16. The molecule has 1 aromatic heterocycles. The highest BCUT2D eigenvalue weighted by atomic mass is 15.0. The summed E-state index contributed by atoms with van der Waals surface area (Å²) in [6, 6.07) is 5.31. The van der Waals surface area contributed by atoms with E-state index in [1.165, 1.54) is 24.8 Å². The average molecular weight is 232 g/mol. The van der Waals surface area contributed by atoms with Crippen LogP contribution in [0.25, 0.3) is 0 Å². The smallest absolute Gasteiger partial charge is 0.0295 e. The second-order valence-electron chi connectivity index (χ2n) is 5.67. The Hall–Kier alpha value is -0.890. The molecule has 0 saturated heterocycles. The minimum atomic E-state index is 0.429. The van der Waals surface area contributed by atoms with E-state index in [0.29, 0.717) is 12.1 Å². The first-order chi connectivity index (χ1) is 8.16. The van der Waals surface area contributed by atoms with Crippen LogP contribution >= 0.6 is 0 Å². The van der Waals surface area contributed by atoms with Crippen LogP contribution in [0.2, 0.25) is 0 Å². The quantitative estimate of drug-likeness (QED) is 0.862. The molecular formula is C15H24N2. The van der Waals surface area contributed by atoms with Gasteiger partial charge in [0.15, 0.2) is 0 Å². The Morgan fingerprint density at radius 2 is 1.94 bits per heavy atom. The largest absolute Gasteiger partial charge is 0.307 e. The van der Waals surface area contributed by atoms with Crippen molar-refractivity contribution in [1.29, 1.82) is 0 Å². The number of pyridine rings is 1. The van der Waals surface area contributed by atoms with Crippen LogP contribution in [0.5, 0.6) is 0 Å². The van der Waals surface area contributed by atoms with E-state index in [9.17, 15) is 0 Å². The summed E-state index contributed by atoms with van der Waals surface area (Å²) in [6.07, 6.45) is 7.79. The zero-order chi connectivity index (χ0) is 12.3. The zero-order valence-electron chi connectivity index (χ0n) is 11.2. The van der Waals surface area contributed by atoms with E-state index in [1.54, 1.807) is 0 Å². The van der Waals surface area contributed by atoms with Gasteiger partial charge in [-0.25, -0.2) is 0 Å². The van der Waals surface area contributed by atoms with E-state index in [1.807, 2.05) is 12.4 Å². The highest BCUT2D eigenvalue weighted by Gasteiger charge is 2.26. The molecule has 1 saturated carbocycles. The molecule has 3 unspecified atom stereocenters. The molecule has 2 nitrogen and oxygen atoms in total. The Morgan fingerprint density at radius 1 is 1.24 bits per heavy atom. The summed E-state index contributed by atoms with van der Waals surface area (Å²) in [5, 5.41) is 3.78. The molecule has 4 atom stereocenters. The highest BCUT2D eigenvalue weighted by molar-refractivity contribution is 5.14. The first kappa shape index (κ1) is 12.6. The molecule has 1 aliphatic rings. The lowest BCUT2D eigenvalue weighted by Crippen LogP contribution is -2.40. The minimum Gasteiger partial charge on any atom is -0.307 e. The lowest BCUT2D eigenvalue weighted by Gasteiger charge is -2.35. The van der Waals surface area contributed by atoms with E-state index in [-0.39, 0.29) is 0 Å². The van der Waals surface area contributed by atoms with Gasteiger partial charge in [0.05, 0.1) is 0 Å². The van der Waals surface area contributed by atoms with E-state index in [2.05, 4.69) is 43.2 Å². The van der Waals surface area contributed by atoms with Crippen molar-refractivity contribution in [2.24, 2.45) is 11.8 Å². The number of nitrogens with one attached hydrogen (secondary N) is 1. The molecule has 94 valence electrons. The normalized spacial score (nSPS) is 31.1. The summed E-state index contributed by atoms with van der Waals surface area (Å²) in [7, 11) is 0.